The van der Waals surface area contributed by atoms with Gasteiger partial charge >= 0.3 is 5.97 Å². The molecule has 2 amide bonds. The van der Waals surface area contributed by atoms with Gasteiger partial charge in [0, 0.05) is 16.1 Å². The third-order valence-electron chi connectivity index (χ3n) is 3.86. The molecule has 0 fully saturated rings. The number of methoxy groups -OCH3 is 1. The molecule has 0 aliphatic rings. The molecule has 0 saturated heterocycles. The number of hydrogen-bond donors (Lipinski definition) is 2. The first kappa shape index (κ1) is 21.9. The second-order valence-corrected chi connectivity index (χ2v) is 6.40. The highest BCUT2D eigenvalue weighted by atomic mass is 35.5. The standard InChI is InChI=1S/C20H19ClN2O6/c1-28-15-8-4-12(5-9-15)17(24)11-29-20(27)16(10-18(22)25)23-19(26)13-2-6-14(21)7-3-13/h2-9,16H,10-11H2,1H3,(H2,22,25)(H,23,26). The number of ether oxygens (including phenoxy) is 2. The van der Waals surface area contributed by atoms with Crippen LogP contribution in [0.4, 0.5) is 0 Å². The molecule has 9 heteroatoms. The average Bonchev–Trinajstić information content (AvgIpc) is 2.71. The van der Waals surface area contributed by atoms with E-state index in [-0.39, 0.29) is 5.56 Å². The van der Waals surface area contributed by atoms with Gasteiger partial charge in [-0.2, -0.15) is 0 Å². The maximum atomic E-state index is 12.3. The number of esters is 1. The first-order valence-electron chi connectivity index (χ1n) is 8.48. The van der Waals surface area contributed by atoms with Gasteiger partial charge in [0.1, 0.15) is 11.8 Å². The van der Waals surface area contributed by atoms with Gasteiger partial charge in [0.05, 0.1) is 13.5 Å². The molecule has 0 heterocycles. The molecule has 0 saturated carbocycles. The molecule has 2 rings (SSSR count). The van der Waals surface area contributed by atoms with E-state index in [4.69, 9.17) is 26.8 Å². The Morgan fingerprint density at radius 2 is 1.59 bits per heavy atom. The fraction of sp³-hybridized carbons (Fsp3) is 0.200. The van der Waals surface area contributed by atoms with Gasteiger partial charge in [-0.3, -0.25) is 14.4 Å². The van der Waals surface area contributed by atoms with Crippen LogP contribution in [-0.2, 0) is 14.3 Å². The maximum absolute atomic E-state index is 12.3. The number of nitrogens with two attached hydrogens (primary N) is 1. The highest BCUT2D eigenvalue weighted by Gasteiger charge is 2.25. The van der Waals surface area contributed by atoms with E-state index in [1.807, 2.05) is 0 Å². The van der Waals surface area contributed by atoms with Crippen LogP contribution in [-0.4, -0.2) is 43.3 Å². The molecule has 3 N–H and O–H groups in total. The van der Waals surface area contributed by atoms with Gasteiger partial charge in [0.25, 0.3) is 5.91 Å². The molecular formula is C20H19ClN2O6. The molecule has 0 aromatic heterocycles. The van der Waals surface area contributed by atoms with Crippen LogP contribution in [0.25, 0.3) is 0 Å². The van der Waals surface area contributed by atoms with Crippen molar-refractivity contribution in [3.8, 4) is 5.75 Å². The lowest BCUT2D eigenvalue weighted by atomic mass is 10.1. The zero-order valence-corrected chi connectivity index (χ0v) is 16.3. The van der Waals surface area contributed by atoms with Gasteiger partial charge in [0.2, 0.25) is 5.91 Å². The number of rotatable bonds is 9. The van der Waals surface area contributed by atoms with Crippen molar-refractivity contribution in [2.24, 2.45) is 5.73 Å². The minimum atomic E-state index is -1.33. The van der Waals surface area contributed by atoms with Crippen molar-refractivity contribution in [3.05, 3.63) is 64.7 Å². The zero-order chi connectivity index (χ0) is 21.4. The summed E-state index contributed by atoms with van der Waals surface area (Å²) in [7, 11) is 1.50. The third kappa shape index (κ3) is 6.62. The molecule has 0 radical (unpaired) electrons. The number of nitrogens with one attached hydrogen (secondary N) is 1. The van der Waals surface area contributed by atoms with E-state index in [9.17, 15) is 19.2 Å². The van der Waals surface area contributed by atoms with Crippen LogP contribution >= 0.6 is 11.6 Å². The summed E-state index contributed by atoms with van der Waals surface area (Å²) in [5.41, 5.74) is 5.69. The second kappa shape index (κ2) is 10.2. The lowest BCUT2D eigenvalue weighted by Gasteiger charge is -2.16. The van der Waals surface area contributed by atoms with Crippen molar-refractivity contribution >= 4 is 35.2 Å². The molecule has 2 aromatic rings. The Bertz CT molecular complexity index is 896. The predicted molar refractivity (Wildman–Crippen MR) is 105 cm³/mol. The Morgan fingerprint density at radius 1 is 1.00 bits per heavy atom. The summed E-state index contributed by atoms with van der Waals surface area (Å²) < 4.78 is 9.98. The number of hydrogen-bond acceptors (Lipinski definition) is 6. The monoisotopic (exact) mass is 418 g/mol. The number of ketones is 1. The maximum Gasteiger partial charge on any atom is 0.329 e. The molecule has 1 unspecified atom stereocenters. The van der Waals surface area contributed by atoms with Gasteiger partial charge in [0.15, 0.2) is 12.4 Å². The summed E-state index contributed by atoms with van der Waals surface area (Å²) >= 11 is 5.77. The third-order valence-corrected chi connectivity index (χ3v) is 4.11. The lowest BCUT2D eigenvalue weighted by molar-refractivity contribution is -0.146. The largest absolute Gasteiger partial charge is 0.497 e. The average molecular weight is 419 g/mol. The van der Waals surface area contributed by atoms with Gasteiger partial charge in [-0.1, -0.05) is 11.6 Å². The Kier molecular flexibility index (Phi) is 7.73. The fourth-order valence-electron chi connectivity index (χ4n) is 2.33. The van der Waals surface area contributed by atoms with Crippen LogP contribution in [0.2, 0.25) is 5.02 Å². The van der Waals surface area contributed by atoms with E-state index in [0.29, 0.717) is 16.3 Å². The van der Waals surface area contributed by atoms with Gasteiger partial charge in [-0.15, -0.1) is 0 Å². The van der Waals surface area contributed by atoms with Crippen LogP contribution in [0.5, 0.6) is 5.75 Å². The van der Waals surface area contributed by atoms with Crippen LogP contribution in [0.1, 0.15) is 27.1 Å². The molecule has 2 aromatic carbocycles. The van der Waals surface area contributed by atoms with E-state index in [2.05, 4.69) is 5.32 Å². The van der Waals surface area contributed by atoms with E-state index in [1.165, 1.54) is 43.5 Å². The molecule has 29 heavy (non-hydrogen) atoms. The second-order valence-electron chi connectivity index (χ2n) is 5.96. The highest BCUT2D eigenvalue weighted by Crippen LogP contribution is 2.12. The summed E-state index contributed by atoms with van der Waals surface area (Å²) in [4.78, 5) is 48.0. The zero-order valence-electron chi connectivity index (χ0n) is 15.5. The van der Waals surface area contributed by atoms with Crippen molar-refractivity contribution in [1.29, 1.82) is 0 Å². The van der Waals surface area contributed by atoms with E-state index in [1.54, 1.807) is 12.1 Å². The van der Waals surface area contributed by atoms with Gasteiger partial charge in [-0.25, -0.2) is 4.79 Å². The van der Waals surface area contributed by atoms with Crippen LogP contribution in [0, 0.1) is 0 Å². The number of Topliss-reactive ketones (excluding diaryl/α,β-unsaturated/α-hetero) is 1. The summed E-state index contributed by atoms with van der Waals surface area (Å²) in [5.74, 6) is -2.27. The molecule has 152 valence electrons. The first-order valence-corrected chi connectivity index (χ1v) is 8.86. The van der Waals surface area contributed by atoms with E-state index >= 15 is 0 Å². The Morgan fingerprint density at radius 3 is 2.14 bits per heavy atom. The van der Waals surface area contributed by atoms with Crippen molar-refractivity contribution in [1.82, 2.24) is 5.32 Å². The summed E-state index contributed by atoms with van der Waals surface area (Å²) in [6.07, 6.45) is -0.477. The van der Waals surface area contributed by atoms with Crippen molar-refractivity contribution in [2.75, 3.05) is 13.7 Å². The van der Waals surface area contributed by atoms with Crippen molar-refractivity contribution in [2.45, 2.75) is 12.5 Å². The quantitative estimate of drug-likeness (QED) is 0.472. The van der Waals surface area contributed by atoms with Crippen molar-refractivity contribution < 1.29 is 28.7 Å². The molecule has 0 aliphatic heterocycles. The number of primary amides is 1. The predicted octanol–water partition coefficient (Wildman–Crippen LogP) is 1.75. The topological polar surface area (TPSA) is 125 Å². The van der Waals surface area contributed by atoms with Crippen LogP contribution < -0.4 is 15.8 Å². The van der Waals surface area contributed by atoms with Crippen molar-refractivity contribution in [3.63, 3.8) is 0 Å². The van der Waals surface area contributed by atoms with Crippen LogP contribution in [0.15, 0.2) is 48.5 Å². The SMILES string of the molecule is COc1ccc(C(=O)COC(=O)C(CC(N)=O)NC(=O)c2ccc(Cl)cc2)cc1. The normalized spacial score (nSPS) is 11.2. The molecule has 0 bridgehead atoms. The highest BCUT2D eigenvalue weighted by molar-refractivity contribution is 6.30. The number of amides is 2. The Labute approximate surface area is 171 Å². The molecule has 8 nitrogen and oxygen atoms in total. The fourth-order valence-corrected chi connectivity index (χ4v) is 2.46. The van der Waals surface area contributed by atoms with E-state index in [0.717, 1.165) is 0 Å². The minimum Gasteiger partial charge on any atom is -0.497 e. The Hall–Kier alpha value is -3.39. The van der Waals surface area contributed by atoms with Crippen LogP contribution in [0.3, 0.4) is 0 Å². The lowest BCUT2D eigenvalue weighted by Crippen LogP contribution is -2.44. The smallest absolute Gasteiger partial charge is 0.329 e. The van der Waals surface area contributed by atoms with Gasteiger partial charge in [-0.05, 0) is 48.5 Å². The number of halogens is 1. The molecule has 0 aliphatic carbocycles. The Balaban J connectivity index is 2.00. The first-order chi connectivity index (χ1) is 13.8. The van der Waals surface area contributed by atoms with E-state index < -0.39 is 42.6 Å². The minimum absolute atomic E-state index is 0.228. The summed E-state index contributed by atoms with van der Waals surface area (Å²) in [5, 5.41) is 2.81. The number of carbonyl (C=O) groups excluding carboxylic acids is 4. The molecule has 0 spiro atoms. The molecule has 1 atom stereocenters. The summed E-state index contributed by atoms with van der Waals surface area (Å²) in [6.45, 7) is -0.558. The summed E-state index contributed by atoms with van der Waals surface area (Å²) in [6, 6.07) is 10.8. The number of carbonyl (C=O) groups is 4. The molecular weight excluding hydrogens is 400 g/mol. The number of benzene rings is 2. The van der Waals surface area contributed by atoms with Gasteiger partial charge < -0.3 is 20.5 Å².